The lowest BCUT2D eigenvalue weighted by Crippen LogP contribution is -2.34. The summed E-state index contributed by atoms with van der Waals surface area (Å²) in [6.45, 7) is 1.23. The van der Waals surface area contributed by atoms with Crippen LogP contribution in [0.25, 0.3) is 5.69 Å². The summed E-state index contributed by atoms with van der Waals surface area (Å²) >= 11 is 1.35. The summed E-state index contributed by atoms with van der Waals surface area (Å²) in [6, 6.07) is 30.0. The molecule has 156 valence electrons. The van der Waals surface area contributed by atoms with Crippen molar-refractivity contribution in [3.05, 3.63) is 102 Å². The predicted molar refractivity (Wildman–Crippen MR) is 122 cm³/mol. The summed E-state index contributed by atoms with van der Waals surface area (Å²) in [5, 5.41) is 12.5. The molecule has 1 heterocycles. The predicted octanol–water partition coefficient (Wildman–Crippen LogP) is 4.03. The number of aromatic nitrogens is 4. The maximum atomic E-state index is 13.1. The smallest absolute Gasteiger partial charge is 0.233 e. The van der Waals surface area contributed by atoms with Crippen LogP contribution in [0, 0.1) is 0 Å². The zero-order valence-electron chi connectivity index (χ0n) is 17.0. The van der Waals surface area contributed by atoms with Gasteiger partial charge in [-0.25, -0.2) is 0 Å². The fraction of sp³-hybridized carbons (Fsp3) is 0.167. The lowest BCUT2D eigenvalue weighted by Gasteiger charge is -2.23. The van der Waals surface area contributed by atoms with Crippen molar-refractivity contribution in [3.8, 4) is 5.69 Å². The van der Waals surface area contributed by atoms with Gasteiger partial charge in [0.15, 0.2) is 0 Å². The van der Waals surface area contributed by atoms with Crippen LogP contribution in [-0.2, 0) is 17.8 Å². The van der Waals surface area contributed by atoms with Crippen molar-refractivity contribution in [1.82, 2.24) is 25.1 Å². The van der Waals surface area contributed by atoms with Crippen molar-refractivity contribution in [1.29, 1.82) is 0 Å². The number of carbonyl (C=O) groups excluding carboxylic acids is 1. The number of carbonyl (C=O) groups is 1. The number of para-hydroxylation sites is 1. The summed E-state index contributed by atoms with van der Waals surface area (Å²) in [4.78, 5) is 15.0. The molecule has 0 radical (unpaired) electrons. The Morgan fingerprint density at radius 1 is 0.839 bits per heavy atom. The molecule has 0 saturated heterocycles. The van der Waals surface area contributed by atoms with Crippen LogP contribution in [-0.4, -0.2) is 43.3 Å². The summed E-state index contributed by atoms with van der Waals surface area (Å²) in [5.41, 5.74) is 3.20. The third-order valence-corrected chi connectivity index (χ3v) is 5.75. The van der Waals surface area contributed by atoms with Crippen molar-refractivity contribution >= 4 is 17.7 Å². The molecule has 0 N–H and O–H groups in total. The molecule has 4 rings (SSSR count). The number of tetrazole rings is 1. The highest BCUT2D eigenvalue weighted by atomic mass is 32.2. The molecule has 0 spiro atoms. The minimum absolute atomic E-state index is 0.0624. The van der Waals surface area contributed by atoms with Gasteiger partial charge in [0.2, 0.25) is 11.1 Å². The van der Waals surface area contributed by atoms with Crippen molar-refractivity contribution in [2.75, 3.05) is 12.3 Å². The van der Waals surface area contributed by atoms with Gasteiger partial charge in [-0.2, -0.15) is 4.68 Å². The Balaban J connectivity index is 1.44. The van der Waals surface area contributed by atoms with E-state index >= 15 is 0 Å². The molecule has 0 atom stereocenters. The van der Waals surface area contributed by atoms with Gasteiger partial charge in [-0.15, -0.1) is 5.10 Å². The number of benzene rings is 3. The summed E-state index contributed by atoms with van der Waals surface area (Å²) < 4.78 is 1.66. The van der Waals surface area contributed by atoms with E-state index in [4.69, 9.17) is 0 Å². The van der Waals surface area contributed by atoms with Gasteiger partial charge in [0.05, 0.1) is 11.4 Å². The van der Waals surface area contributed by atoms with Crippen LogP contribution in [0.2, 0.25) is 0 Å². The van der Waals surface area contributed by atoms with Crippen LogP contribution in [0.5, 0.6) is 0 Å². The third kappa shape index (κ3) is 5.79. The quantitative estimate of drug-likeness (QED) is 0.376. The second-order valence-corrected chi connectivity index (χ2v) is 7.98. The van der Waals surface area contributed by atoms with Crippen LogP contribution in [0.3, 0.4) is 0 Å². The number of hydrogen-bond acceptors (Lipinski definition) is 5. The van der Waals surface area contributed by atoms with Crippen LogP contribution in [0.4, 0.5) is 0 Å². The molecule has 0 saturated carbocycles. The number of rotatable bonds is 9. The lowest BCUT2D eigenvalue weighted by atomic mass is 10.1. The van der Waals surface area contributed by atoms with Gasteiger partial charge in [-0.3, -0.25) is 4.79 Å². The molecule has 3 aromatic carbocycles. The fourth-order valence-electron chi connectivity index (χ4n) is 3.22. The average molecular weight is 430 g/mol. The Bertz CT molecular complexity index is 1090. The first kappa shape index (κ1) is 20.8. The summed E-state index contributed by atoms with van der Waals surface area (Å²) in [7, 11) is 0. The van der Waals surface area contributed by atoms with Gasteiger partial charge in [0, 0.05) is 13.1 Å². The number of hydrogen-bond donors (Lipinski definition) is 0. The monoisotopic (exact) mass is 429 g/mol. The van der Waals surface area contributed by atoms with Crippen LogP contribution >= 0.6 is 11.8 Å². The molecule has 0 bridgehead atoms. The van der Waals surface area contributed by atoms with E-state index < -0.39 is 0 Å². The first-order valence-corrected chi connectivity index (χ1v) is 11.1. The second kappa shape index (κ2) is 10.5. The highest BCUT2D eigenvalue weighted by molar-refractivity contribution is 7.99. The van der Waals surface area contributed by atoms with E-state index in [1.807, 2.05) is 83.8 Å². The molecular weight excluding hydrogens is 406 g/mol. The van der Waals surface area contributed by atoms with E-state index in [9.17, 15) is 4.79 Å². The first-order chi connectivity index (χ1) is 15.3. The molecule has 31 heavy (non-hydrogen) atoms. The number of thioether (sulfide) groups is 1. The zero-order chi connectivity index (χ0) is 21.3. The SMILES string of the molecule is O=C(CSc1nnnn1-c1ccccc1)N(CCc1ccccc1)Cc1ccccc1. The van der Waals surface area contributed by atoms with E-state index in [0.717, 1.165) is 17.7 Å². The van der Waals surface area contributed by atoms with E-state index in [-0.39, 0.29) is 11.7 Å². The van der Waals surface area contributed by atoms with Crippen molar-refractivity contribution in [2.45, 2.75) is 18.1 Å². The van der Waals surface area contributed by atoms with Crippen LogP contribution in [0.1, 0.15) is 11.1 Å². The maximum Gasteiger partial charge on any atom is 0.233 e. The molecule has 1 aromatic heterocycles. The molecule has 1 amide bonds. The molecular formula is C24H23N5OS. The molecule has 4 aromatic rings. The highest BCUT2D eigenvalue weighted by Gasteiger charge is 2.17. The summed E-state index contributed by atoms with van der Waals surface area (Å²) in [6.07, 6.45) is 0.811. The summed E-state index contributed by atoms with van der Waals surface area (Å²) in [5.74, 6) is 0.335. The van der Waals surface area contributed by atoms with E-state index in [0.29, 0.717) is 18.2 Å². The maximum absolute atomic E-state index is 13.1. The molecule has 0 aliphatic rings. The molecule has 7 heteroatoms. The molecule has 0 unspecified atom stereocenters. The Labute approximate surface area is 185 Å². The minimum atomic E-state index is 0.0624. The molecule has 6 nitrogen and oxygen atoms in total. The van der Waals surface area contributed by atoms with Gasteiger partial charge in [-0.05, 0) is 40.1 Å². The highest BCUT2D eigenvalue weighted by Crippen LogP contribution is 2.19. The topological polar surface area (TPSA) is 63.9 Å². The average Bonchev–Trinajstić information content (AvgIpc) is 3.31. The second-order valence-electron chi connectivity index (χ2n) is 7.03. The Morgan fingerprint density at radius 3 is 2.13 bits per heavy atom. The van der Waals surface area contributed by atoms with Crippen LogP contribution < -0.4 is 0 Å². The van der Waals surface area contributed by atoms with Gasteiger partial charge in [-0.1, -0.05) is 90.6 Å². The van der Waals surface area contributed by atoms with Gasteiger partial charge in [0.25, 0.3) is 0 Å². The largest absolute Gasteiger partial charge is 0.337 e. The minimum Gasteiger partial charge on any atom is -0.337 e. The van der Waals surface area contributed by atoms with E-state index in [1.165, 1.54) is 17.3 Å². The van der Waals surface area contributed by atoms with Gasteiger partial charge in [0.1, 0.15) is 0 Å². The van der Waals surface area contributed by atoms with Gasteiger partial charge >= 0.3 is 0 Å². The zero-order valence-corrected chi connectivity index (χ0v) is 17.9. The molecule has 0 fully saturated rings. The normalized spacial score (nSPS) is 10.7. The Morgan fingerprint density at radius 2 is 1.45 bits per heavy atom. The lowest BCUT2D eigenvalue weighted by molar-refractivity contribution is -0.128. The van der Waals surface area contributed by atoms with Crippen LogP contribution in [0.15, 0.2) is 96.2 Å². The first-order valence-electron chi connectivity index (χ1n) is 10.1. The molecule has 0 aliphatic heterocycles. The standard InChI is InChI=1S/C24H23N5OS/c30-23(19-31-24-25-26-27-29(24)22-14-8-3-9-15-22)28(18-21-12-6-2-7-13-21)17-16-20-10-4-1-5-11-20/h1-15H,16-19H2. The third-order valence-electron chi connectivity index (χ3n) is 4.85. The number of nitrogens with zero attached hydrogens (tertiary/aromatic N) is 5. The fourth-order valence-corrected chi connectivity index (χ4v) is 4.02. The van der Waals surface area contributed by atoms with E-state index in [2.05, 4.69) is 27.7 Å². The van der Waals surface area contributed by atoms with Crippen molar-refractivity contribution in [3.63, 3.8) is 0 Å². The Kier molecular flexibility index (Phi) is 7.08. The van der Waals surface area contributed by atoms with Gasteiger partial charge < -0.3 is 4.90 Å². The Hall–Kier alpha value is -3.45. The molecule has 0 aliphatic carbocycles. The van der Waals surface area contributed by atoms with Crippen molar-refractivity contribution < 1.29 is 4.79 Å². The van der Waals surface area contributed by atoms with Crippen molar-refractivity contribution in [2.24, 2.45) is 0 Å². The van der Waals surface area contributed by atoms with E-state index in [1.54, 1.807) is 4.68 Å². The number of amides is 1.